The van der Waals surface area contributed by atoms with Crippen LogP contribution in [0.5, 0.6) is 11.5 Å². The first-order valence-electron chi connectivity index (χ1n) is 8.62. The summed E-state index contributed by atoms with van der Waals surface area (Å²) >= 11 is 0. The molecule has 0 atom stereocenters. The monoisotopic (exact) mass is 332 g/mol. The van der Waals surface area contributed by atoms with Gasteiger partial charge in [-0.25, -0.2) is 0 Å². The van der Waals surface area contributed by atoms with E-state index in [0.717, 1.165) is 24.3 Å². The predicted octanol–water partition coefficient (Wildman–Crippen LogP) is 2.74. The molecule has 2 rings (SSSR count). The van der Waals surface area contributed by atoms with Gasteiger partial charge in [0, 0.05) is 18.7 Å². The molecule has 0 aliphatic heterocycles. The van der Waals surface area contributed by atoms with Gasteiger partial charge in [0.1, 0.15) is 6.61 Å². The number of benzene rings is 1. The van der Waals surface area contributed by atoms with Crippen LogP contribution in [-0.4, -0.2) is 32.2 Å². The number of methoxy groups -OCH3 is 1. The Hall–Kier alpha value is -2.01. The van der Waals surface area contributed by atoms with E-state index in [4.69, 9.17) is 15.2 Å². The summed E-state index contributed by atoms with van der Waals surface area (Å²) in [5.74, 6) is 2.02. The van der Waals surface area contributed by atoms with Crippen LogP contribution in [0.1, 0.15) is 38.2 Å². The second-order valence-electron chi connectivity index (χ2n) is 6.35. The molecule has 0 unspecified atom stereocenters. The van der Waals surface area contributed by atoms with Gasteiger partial charge in [0.2, 0.25) is 5.91 Å². The molecule has 0 bridgehead atoms. The van der Waals surface area contributed by atoms with Crippen LogP contribution in [-0.2, 0) is 4.79 Å². The minimum atomic E-state index is -0.0445. The molecule has 5 heteroatoms. The van der Waals surface area contributed by atoms with Crippen LogP contribution in [0.2, 0.25) is 0 Å². The fraction of sp³-hybridized carbons (Fsp3) is 0.526. The van der Waals surface area contributed by atoms with E-state index in [0.29, 0.717) is 30.7 Å². The van der Waals surface area contributed by atoms with Gasteiger partial charge in [-0.3, -0.25) is 4.79 Å². The Balaban J connectivity index is 1.91. The average molecular weight is 332 g/mol. The molecular formula is C19H28N2O3. The molecule has 1 aliphatic rings. The molecule has 0 radical (unpaired) electrons. The molecule has 1 aromatic rings. The maximum absolute atomic E-state index is 12.1. The molecule has 1 saturated carbocycles. The molecule has 24 heavy (non-hydrogen) atoms. The van der Waals surface area contributed by atoms with E-state index in [1.807, 2.05) is 18.2 Å². The molecule has 1 amide bonds. The Bertz CT molecular complexity index is 564. The van der Waals surface area contributed by atoms with Crippen LogP contribution in [0, 0.1) is 5.92 Å². The fourth-order valence-corrected chi connectivity index (χ4v) is 2.90. The SMILES string of the molecule is COc1cc(/C=C/C(=O)NC2CCC(C)CC2)ccc1OCCN. The van der Waals surface area contributed by atoms with E-state index < -0.39 is 0 Å². The van der Waals surface area contributed by atoms with Gasteiger partial charge in [-0.15, -0.1) is 0 Å². The van der Waals surface area contributed by atoms with Crippen LogP contribution in [0.3, 0.4) is 0 Å². The number of amides is 1. The van der Waals surface area contributed by atoms with Crippen molar-refractivity contribution in [2.75, 3.05) is 20.3 Å². The first-order chi connectivity index (χ1) is 11.6. The van der Waals surface area contributed by atoms with Crippen molar-refractivity contribution >= 4 is 12.0 Å². The van der Waals surface area contributed by atoms with Gasteiger partial charge in [0.25, 0.3) is 0 Å². The molecule has 5 nitrogen and oxygen atoms in total. The third-order valence-electron chi connectivity index (χ3n) is 4.35. The van der Waals surface area contributed by atoms with Gasteiger partial charge in [-0.1, -0.05) is 13.0 Å². The normalized spacial score (nSPS) is 20.8. The lowest BCUT2D eigenvalue weighted by atomic mass is 9.87. The number of carbonyl (C=O) groups excluding carboxylic acids is 1. The summed E-state index contributed by atoms with van der Waals surface area (Å²) in [7, 11) is 1.59. The van der Waals surface area contributed by atoms with Gasteiger partial charge >= 0.3 is 0 Å². The van der Waals surface area contributed by atoms with E-state index >= 15 is 0 Å². The second kappa shape index (κ2) is 9.33. The van der Waals surface area contributed by atoms with Crippen molar-refractivity contribution in [3.63, 3.8) is 0 Å². The van der Waals surface area contributed by atoms with Crippen molar-refractivity contribution < 1.29 is 14.3 Å². The summed E-state index contributed by atoms with van der Waals surface area (Å²) in [5, 5.41) is 3.08. The number of carbonyl (C=O) groups is 1. The number of hydrogen-bond donors (Lipinski definition) is 2. The highest BCUT2D eigenvalue weighted by molar-refractivity contribution is 5.92. The molecule has 0 aromatic heterocycles. The number of rotatable bonds is 7. The highest BCUT2D eigenvalue weighted by atomic mass is 16.5. The van der Waals surface area contributed by atoms with Gasteiger partial charge in [-0.05, 0) is 55.4 Å². The number of nitrogens with one attached hydrogen (secondary N) is 1. The Morgan fingerprint density at radius 3 is 2.71 bits per heavy atom. The summed E-state index contributed by atoms with van der Waals surface area (Å²) in [4.78, 5) is 12.1. The van der Waals surface area contributed by atoms with Crippen LogP contribution < -0.4 is 20.5 Å². The molecule has 1 aliphatic carbocycles. The van der Waals surface area contributed by atoms with Crippen LogP contribution in [0.15, 0.2) is 24.3 Å². The Kier molecular flexibility index (Phi) is 7.12. The highest BCUT2D eigenvalue weighted by Gasteiger charge is 2.18. The van der Waals surface area contributed by atoms with E-state index in [1.165, 1.54) is 12.8 Å². The third-order valence-corrected chi connectivity index (χ3v) is 4.35. The third kappa shape index (κ3) is 5.57. The van der Waals surface area contributed by atoms with E-state index in [1.54, 1.807) is 19.3 Å². The maximum atomic E-state index is 12.1. The Morgan fingerprint density at radius 2 is 2.04 bits per heavy atom. The molecule has 0 saturated heterocycles. The smallest absolute Gasteiger partial charge is 0.244 e. The number of hydrogen-bond acceptors (Lipinski definition) is 4. The van der Waals surface area contributed by atoms with Crippen molar-refractivity contribution in [3.8, 4) is 11.5 Å². The van der Waals surface area contributed by atoms with Crippen molar-refractivity contribution in [2.45, 2.75) is 38.6 Å². The molecule has 1 aromatic carbocycles. The lowest BCUT2D eigenvalue weighted by Crippen LogP contribution is -2.36. The quantitative estimate of drug-likeness (QED) is 0.753. The van der Waals surface area contributed by atoms with Crippen molar-refractivity contribution in [1.82, 2.24) is 5.32 Å². The lowest BCUT2D eigenvalue weighted by Gasteiger charge is -2.26. The lowest BCUT2D eigenvalue weighted by molar-refractivity contribution is -0.117. The van der Waals surface area contributed by atoms with Gasteiger partial charge in [-0.2, -0.15) is 0 Å². The summed E-state index contributed by atoms with van der Waals surface area (Å²) in [6.07, 6.45) is 7.89. The standard InChI is InChI=1S/C19H28N2O3/c1-14-3-7-16(8-4-14)21-19(22)10-6-15-5-9-17(24-12-11-20)18(13-15)23-2/h5-6,9-10,13-14,16H,3-4,7-8,11-12,20H2,1-2H3,(H,21,22)/b10-6+. The predicted molar refractivity (Wildman–Crippen MR) is 96.1 cm³/mol. The average Bonchev–Trinajstić information content (AvgIpc) is 2.60. The maximum Gasteiger partial charge on any atom is 0.244 e. The van der Waals surface area contributed by atoms with Crippen molar-refractivity contribution in [2.24, 2.45) is 11.7 Å². The summed E-state index contributed by atoms with van der Waals surface area (Å²) in [6, 6.07) is 5.87. The minimum absolute atomic E-state index is 0.0445. The number of ether oxygens (including phenoxy) is 2. The molecule has 0 spiro atoms. The number of nitrogens with two attached hydrogens (primary N) is 1. The summed E-state index contributed by atoms with van der Waals surface area (Å²) < 4.78 is 10.8. The van der Waals surface area contributed by atoms with Crippen LogP contribution >= 0.6 is 0 Å². The van der Waals surface area contributed by atoms with E-state index in [-0.39, 0.29) is 5.91 Å². The zero-order chi connectivity index (χ0) is 17.4. The van der Waals surface area contributed by atoms with E-state index in [2.05, 4.69) is 12.2 Å². The van der Waals surface area contributed by atoms with E-state index in [9.17, 15) is 4.79 Å². The molecule has 1 fully saturated rings. The second-order valence-corrected chi connectivity index (χ2v) is 6.35. The van der Waals surface area contributed by atoms with Gasteiger partial charge < -0.3 is 20.5 Å². The minimum Gasteiger partial charge on any atom is -0.493 e. The first kappa shape index (κ1) is 18.3. The zero-order valence-corrected chi connectivity index (χ0v) is 14.6. The van der Waals surface area contributed by atoms with Crippen molar-refractivity contribution in [3.05, 3.63) is 29.8 Å². The molecule has 0 heterocycles. The largest absolute Gasteiger partial charge is 0.493 e. The van der Waals surface area contributed by atoms with Crippen LogP contribution in [0.4, 0.5) is 0 Å². The summed E-state index contributed by atoms with van der Waals surface area (Å²) in [5.41, 5.74) is 6.33. The van der Waals surface area contributed by atoms with Crippen molar-refractivity contribution in [1.29, 1.82) is 0 Å². The van der Waals surface area contributed by atoms with Crippen LogP contribution in [0.25, 0.3) is 6.08 Å². The first-order valence-corrected chi connectivity index (χ1v) is 8.62. The zero-order valence-electron chi connectivity index (χ0n) is 14.6. The summed E-state index contributed by atoms with van der Waals surface area (Å²) in [6.45, 7) is 3.16. The Labute approximate surface area is 144 Å². The molecular weight excluding hydrogens is 304 g/mol. The molecule has 3 N–H and O–H groups in total. The topological polar surface area (TPSA) is 73.6 Å². The van der Waals surface area contributed by atoms with Gasteiger partial charge in [0.05, 0.1) is 7.11 Å². The molecule has 132 valence electrons. The highest BCUT2D eigenvalue weighted by Crippen LogP contribution is 2.28. The van der Waals surface area contributed by atoms with Gasteiger partial charge in [0.15, 0.2) is 11.5 Å². The Morgan fingerprint density at radius 1 is 1.29 bits per heavy atom. The fourth-order valence-electron chi connectivity index (χ4n) is 2.90.